The second kappa shape index (κ2) is 9.76. The number of nitrogens with one attached hydrogen (secondary N) is 1. The second-order valence-electron chi connectivity index (χ2n) is 7.73. The van der Waals surface area contributed by atoms with Crippen molar-refractivity contribution in [1.29, 1.82) is 5.26 Å². The van der Waals surface area contributed by atoms with Gasteiger partial charge in [-0.05, 0) is 48.6 Å². The molecule has 1 N–H and O–H groups in total. The summed E-state index contributed by atoms with van der Waals surface area (Å²) < 4.78 is 1.72. The molecule has 2 heterocycles. The number of nitriles is 1. The minimum Gasteiger partial charge on any atom is -0.342 e. The van der Waals surface area contributed by atoms with Gasteiger partial charge in [0.25, 0.3) is 5.91 Å². The predicted molar refractivity (Wildman–Crippen MR) is 122 cm³/mol. The molecule has 1 aliphatic rings. The Kier molecular flexibility index (Phi) is 6.43. The smallest absolute Gasteiger partial charge is 0.262 e. The number of rotatable bonds is 5. The molecule has 1 amide bonds. The van der Waals surface area contributed by atoms with Gasteiger partial charge in [0.1, 0.15) is 23.9 Å². The summed E-state index contributed by atoms with van der Waals surface area (Å²) in [6, 6.07) is 19.2. The Morgan fingerprint density at radius 3 is 2.66 bits per heavy atom. The summed E-state index contributed by atoms with van der Waals surface area (Å²) in [5, 5.41) is 16.9. The third kappa shape index (κ3) is 4.94. The molecule has 0 saturated heterocycles. The molecule has 1 aromatic carbocycles. The van der Waals surface area contributed by atoms with Crippen LogP contribution >= 0.6 is 0 Å². The molecule has 4 rings (SSSR count). The summed E-state index contributed by atoms with van der Waals surface area (Å²) in [5.74, 6) is 5.63. The largest absolute Gasteiger partial charge is 0.342 e. The van der Waals surface area contributed by atoms with E-state index < -0.39 is 5.54 Å². The lowest BCUT2D eigenvalue weighted by atomic mass is 9.88. The minimum absolute atomic E-state index is 0.0290. The minimum atomic E-state index is -0.429. The average molecular weight is 422 g/mol. The van der Waals surface area contributed by atoms with E-state index in [0.717, 1.165) is 31.2 Å². The molecular weight excluding hydrogens is 398 g/mol. The van der Waals surface area contributed by atoms with E-state index in [1.165, 1.54) is 6.08 Å². The summed E-state index contributed by atoms with van der Waals surface area (Å²) in [4.78, 5) is 17.5. The first-order valence-electron chi connectivity index (χ1n) is 10.6. The van der Waals surface area contributed by atoms with E-state index in [-0.39, 0.29) is 11.5 Å². The first-order chi connectivity index (χ1) is 15.7. The molecular formula is C26H23N5O. The summed E-state index contributed by atoms with van der Waals surface area (Å²) in [7, 11) is 0. The van der Waals surface area contributed by atoms with E-state index in [1.807, 2.05) is 54.7 Å². The van der Waals surface area contributed by atoms with Gasteiger partial charge in [0.05, 0.1) is 11.2 Å². The van der Waals surface area contributed by atoms with Crippen LogP contribution in [-0.4, -0.2) is 20.7 Å². The highest BCUT2D eigenvalue weighted by molar-refractivity contribution is 6.02. The van der Waals surface area contributed by atoms with Crippen molar-refractivity contribution in [2.24, 2.45) is 0 Å². The number of carbonyl (C=O) groups is 1. The van der Waals surface area contributed by atoms with E-state index in [4.69, 9.17) is 0 Å². The van der Waals surface area contributed by atoms with Crippen molar-refractivity contribution in [3.8, 4) is 17.9 Å². The maximum atomic E-state index is 13.0. The van der Waals surface area contributed by atoms with Crippen molar-refractivity contribution >= 4 is 12.0 Å². The van der Waals surface area contributed by atoms with Gasteiger partial charge < -0.3 is 5.32 Å². The maximum absolute atomic E-state index is 13.0. The van der Waals surface area contributed by atoms with E-state index >= 15 is 0 Å². The third-order valence-corrected chi connectivity index (χ3v) is 5.58. The topological polar surface area (TPSA) is 83.6 Å². The number of hydrogen-bond acceptors (Lipinski definition) is 4. The van der Waals surface area contributed by atoms with Gasteiger partial charge in [-0.15, -0.1) is 0 Å². The van der Waals surface area contributed by atoms with Crippen molar-refractivity contribution in [2.45, 2.75) is 37.8 Å². The SMILES string of the molecule is N#C/C(=C\c1cccc(C#CCn2cccn2)n1)C(=O)NC1(c2ccccc2)CCCC1. The Hall–Kier alpha value is -4.16. The van der Waals surface area contributed by atoms with Gasteiger partial charge in [0, 0.05) is 12.4 Å². The van der Waals surface area contributed by atoms with Crippen LogP contribution in [0.5, 0.6) is 0 Å². The second-order valence-corrected chi connectivity index (χ2v) is 7.73. The van der Waals surface area contributed by atoms with Gasteiger partial charge in [-0.2, -0.15) is 10.4 Å². The fraction of sp³-hybridized carbons (Fsp3) is 0.231. The zero-order valence-corrected chi connectivity index (χ0v) is 17.7. The Morgan fingerprint density at radius 1 is 1.12 bits per heavy atom. The number of carbonyl (C=O) groups excluding carboxylic acids is 1. The summed E-state index contributed by atoms with van der Waals surface area (Å²) in [6.45, 7) is 0.460. The first kappa shape index (κ1) is 21.1. The molecule has 32 heavy (non-hydrogen) atoms. The highest BCUT2D eigenvalue weighted by Gasteiger charge is 2.37. The van der Waals surface area contributed by atoms with Gasteiger partial charge in [0.15, 0.2) is 0 Å². The zero-order chi connectivity index (χ0) is 22.2. The van der Waals surface area contributed by atoms with Gasteiger partial charge in [0.2, 0.25) is 0 Å². The molecule has 2 aromatic heterocycles. The number of amides is 1. The summed E-state index contributed by atoms with van der Waals surface area (Å²) in [5.41, 5.74) is 1.77. The van der Waals surface area contributed by atoms with Crippen LogP contribution in [0.15, 0.2) is 72.6 Å². The lowest BCUT2D eigenvalue weighted by Crippen LogP contribution is -2.44. The van der Waals surface area contributed by atoms with Crippen LogP contribution in [0.2, 0.25) is 0 Å². The lowest BCUT2D eigenvalue weighted by molar-refractivity contribution is -0.119. The molecule has 0 bridgehead atoms. The summed E-state index contributed by atoms with van der Waals surface area (Å²) in [6.07, 6.45) is 8.87. The van der Waals surface area contributed by atoms with Crippen molar-refractivity contribution < 1.29 is 4.79 Å². The quantitative estimate of drug-likeness (QED) is 0.386. The zero-order valence-electron chi connectivity index (χ0n) is 17.7. The number of nitrogens with zero attached hydrogens (tertiary/aromatic N) is 4. The molecule has 6 heteroatoms. The lowest BCUT2D eigenvalue weighted by Gasteiger charge is -2.31. The van der Waals surface area contributed by atoms with Crippen LogP contribution < -0.4 is 5.32 Å². The number of benzene rings is 1. The van der Waals surface area contributed by atoms with Crippen molar-refractivity contribution in [1.82, 2.24) is 20.1 Å². The van der Waals surface area contributed by atoms with E-state index in [0.29, 0.717) is 17.9 Å². The molecule has 158 valence electrons. The molecule has 3 aromatic rings. The fourth-order valence-corrected chi connectivity index (χ4v) is 4.01. The third-order valence-electron chi connectivity index (χ3n) is 5.58. The molecule has 1 aliphatic carbocycles. The molecule has 1 fully saturated rings. The number of hydrogen-bond donors (Lipinski definition) is 1. The standard InChI is InChI=1S/C26H23N5O/c27-20-21(25(32)30-26(14-4-5-15-26)22-9-2-1-3-10-22)19-24-12-6-11-23(29-24)13-7-17-31-18-8-16-28-31/h1-3,6,8-12,16,18-19H,4-5,14-15,17H2,(H,30,32)/b21-19+. The van der Waals surface area contributed by atoms with E-state index in [2.05, 4.69) is 27.2 Å². The molecule has 0 aliphatic heterocycles. The van der Waals surface area contributed by atoms with Crippen molar-refractivity contribution in [3.05, 3.63) is 89.5 Å². The summed E-state index contributed by atoms with van der Waals surface area (Å²) >= 11 is 0. The molecule has 0 radical (unpaired) electrons. The van der Waals surface area contributed by atoms with Gasteiger partial charge >= 0.3 is 0 Å². The Morgan fingerprint density at radius 2 is 1.94 bits per heavy atom. The molecule has 1 saturated carbocycles. The molecule has 0 spiro atoms. The fourth-order valence-electron chi connectivity index (χ4n) is 4.01. The number of aromatic nitrogens is 3. The van der Waals surface area contributed by atoms with E-state index in [1.54, 1.807) is 23.0 Å². The molecule has 0 atom stereocenters. The van der Waals surface area contributed by atoms with Crippen molar-refractivity contribution in [3.63, 3.8) is 0 Å². The van der Waals surface area contributed by atoms with E-state index in [9.17, 15) is 10.1 Å². The predicted octanol–water partition coefficient (Wildman–Crippen LogP) is 3.82. The van der Waals surface area contributed by atoms with Gasteiger partial charge in [-0.25, -0.2) is 4.98 Å². The molecule has 6 nitrogen and oxygen atoms in total. The van der Waals surface area contributed by atoms with Crippen LogP contribution in [0.3, 0.4) is 0 Å². The molecule has 0 unspecified atom stereocenters. The van der Waals surface area contributed by atoms with Crippen LogP contribution in [0.1, 0.15) is 42.6 Å². The highest BCUT2D eigenvalue weighted by atomic mass is 16.1. The Balaban J connectivity index is 1.52. The van der Waals surface area contributed by atoms with Crippen LogP contribution in [-0.2, 0) is 16.9 Å². The maximum Gasteiger partial charge on any atom is 0.262 e. The highest BCUT2D eigenvalue weighted by Crippen LogP contribution is 2.38. The normalized spacial score (nSPS) is 14.8. The van der Waals surface area contributed by atoms with Crippen LogP contribution in [0.25, 0.3) is 6.08 Å². The number of pyridine rings is 1. The monoisotopic (exact) mass is 421 g/mol. The van der Waals surface area contributed by atoms with Crippen molar-refractivity contribution in [2.75, 3.05) is 0 Å². The van der Waals surface area contributed by atoms with Crippen LogP contribution in [0, 0.1) is 23.2 Å². The Bertz CT molecular complexity index is 1200. The Labute approximate surface area is 187 Å². The van der Waals surface area contributed by atoms with Gasteiger partial charge in [-0.1, -0.05) is 55.2 Å². The van der Waals surface area contributed by atoms with Gasteiger partial charge in [-0.3, -0.25) is 9.48 Å². The first-order valence-corrected chi connectivity index (χ1v) is 10.6. The van der Waals surface area contributed by atoms with Crippen LogP contribution in [0.4, 0.5) is 0 Å². The average Bonchev–Trinajstić information content (AvgIpc) is 3.51.